The Hall–Kier alpha value is -3.73. The number of benzene rings is 1. The molecule has 208 valence electrons. The topological polar surface area (TPSA) is 148 Å². The molecule has 39 heavy (non-hydrogen) atoms. The molecule has 1 aromatic rings. The Kier molecular flexibility index (Phi) is 9.85. The second-order valence-corrected chi connectivity index (χ2v) is 10.2. The molecule has 2 unspecified atom stereocenters. The van der Waals surface area contributed by atoms with Crippen LogP contribution in [-0.2, 0) is 25.7 Å². The number of ether oxygens (including phenoxy) is 1. The van der Waals surface area contributed by atoms with E-state index in [0.29, 0.717) is 29.7 Å². The average Bonchev–Trinajstić information content (AvgIpc) is 3.21. The molecule has 3 rings (SSSR count). The summed E-state index contributed by atoms with van der Waals surface area (Å²) in [6, 6.07) is 4.06. The molecule has 0 aromatic heterocycles. The molecule has 13 heteroatoms. The zero-order chi connectivity index (χ0) is 28.7. The van der Waals surface area contributed by atoms with Gasteiger partial charge in [0.25, 0.3) is 5.91 Å². The number of fused-ring (bicyclic) bond motifs is 1. The van der Waals surface area contributed by atoms with Crippen LogP contribution in [0.15, 0.2) is 28.9 Å². The van der Waals surface area contributed by atoms with Crippen LogP contribution in [0.2, 0.25) is 0 Å². The van der Waals surface area contributed by atoms with Crippen LogP contribution < -0.4 is 10.6 Å². The van der Waals surface area contributed by atoms with E-state index in [1.165, 1.54) is 25.1 Å². The first-order valence-corrected chi connectivity index (χ1v) is 13.0. The Bertz CT molecular complexity index is 1240. The Morgan fingerprint density at radius 2 is 2.13 bits per heavy atom. The van der Waals surface area contributed by atoms with Gasteiger partial charge >= 0.3 is 6.09 Å². The van der Waals surface area contributed by atoms with E-state index in [9.17, 15) is 29.2 Å². The molecule has 0 spiro atoms. The van der Waals surface area contributed by atoms with E-state index >= 15 is 0 Å². The second-order valence-electron chi connectivity index (χ2n) is 9.37. The number of imide groups is 1. The fraction of sp³-hybridized carbons (Fsp3) is 0.423. The largest absolute Gasteiger partial charge is 0.627 e. The molecule has 1 fully saturated rings. The summed E-state index contributed by atoms with van der Waals surface area (Å²) < 4.78 is 4.72. The maximum atomic E-state index is 12.9. The van der Waals surface area contributed by atoms with Gasteiger partial charge in [-0.1, -0.05) is 6.07 Å². The monoisotopic (exact) mass is 603 g/mol. The molecule has 1 aromatic carbocycles. The van der Waals surface area contributed by atoms with Crippen molar-refractivity contribution in [3.05, 3.63) is 45.2 Å². The fourth-order valence-electron chi connectivity index (χ4n) is 4.25. The van der Waals surface area contributed by atoms with E-state index in [2.05, 4.69) is 32.5 Å². The standard InChI is InChI=1S/C26H30BrN5O7/c1-4-5-6-13-32(3,38)21(27)12-14-39-26(37)30(2)16-23(34)28-19-9-7-8-17-18(19)15-31(25(17)36)20-10-11-22(33)29-24(20)35/h1,7-9,12,20H,5-6,10-11,13-16H2,2-3H3,(H,28,34)(H,29,33,35)/b21-12+. The van der Waals surface area contributed by atoms with E-state index in [1.54, 1.807) is 18.2 Å². The number of anilines is 1. The first-order valence-electron chi connectivity index (χ1n) is 12.2. The van der Waals surface area contributed by atoms with Gasteiger partial charge in [-0.15, -0.1) is 12.3 Å². The van der Waals surface area contributed by atoms with E-state index in [1.807, 2.05) is 0 Å². The molecule has 2 heterocycles. The molecule has 5 amide bonds. The van der Waals surface area contributed by atoms with E-state index < -0.39 is 28.6 Å². The smallest absolute Gasteiger partial charge is 0.410 e. The maximum absolute atomic E-state index is 12.9. The predicted molar refractivity (Wildman–Crippen MR) is 145 cm³/mol. The molecule has 0 bridgehead atoms. The lowest BCUT2D eigenvalue weighted by Crippen LogP contribution is -2.52. The van der Waals surface area contributed by atoms with Gasteiger partial charge in [0.1, 0.15) is 19.2 Å². The first-order chi connectivity index (χ1) is 18.4. The molecule has 2 aliphatic heterocycles. The number of unbranched alkanes of at least 4 members (excludes halogenated alkanes) is 1. The number of nitrogens with zero attached hydrogens (tertiary/aromatic N) is 3. The lowest BCUT2D eigenvalue weighted by atomic mass is 10.0. The van der Waals surface area contributed by atoms with Gasteiger partial charge < -0.3 is 29.7 Å². The van der Waals surface area contributed by atoms with Crippen LogP contribution in [0.25, 0.3) is 0 Å². The van der Waals surface area contributed by atoms with E-state index in [-0.39, 0.29) is 55.5 Å². The number of rotatable bonds is 10. The lowest BCUT2D eigenvalue weighted by molar-refractivity contribution is -0.812. The van der Waals surface area contributed by atoms with Crippen molar-refractivity contribution in [1.82, 2.24) is 15.1 Å². The number of terminal acetylenes is 1. The third kappa shape index (κ3) is 7.44. The number of quaternary nitrogens is 1. The highest BCUT2D eigenvalue weighted by Gasteiger charge is 2.40. The van der Waals surface area contributed by atoms with Crippen molar-refractivity contribution in [2.45, 2.75) is 38.3 Å². The Morgan fingerprint density at radius 3 is 2.82 bits per heavy atom. The number of likely N-dealkylation sites (N-methyl/N-ethyl adjacent to an activating group) is 1. The van der Waals surface area contributed by atoms with Crippen LogP contribution in [0.1, 0.15) is 41.6 Å². The molecule has 12 nitrogen and oxygen atoms in total. The van der Waals surface area contributed by atoms with Crippen molar-refractivity contribution in [2.75, 3.05) is 39.1 Å². The zero-order valence-electron chi connectivity index (χ0n) is 21.7. The molecular formula is C26H30BrN5O7. The van der Waals surface area contributed by atoms with Crippen molar-refractivity contribution in [3.63, 3.8) is 0 Å². The normalized spacial score (nSPS) is 18.5. The van der Waals surface area contributed by atoms with Gasteiger partial charge in [0.2, 0.25) is 17.7 Å². The van der Waals surface area contributed by atoms with Crippen molar-refractivity contribution in [2.24, 2.45) is 0 Å². The molecule has 0 saturated carbocycles. The van der Waals surface area contributed by atoms with Gasteiger partial charge in [-0.25, -0.2) is 4.79 Å². The summed E-state index contributed by atoms with van der Waals surface area (Å²) in [7, 11) is 2.84. The highest BCUT2D eigenvalue weighted by molar-refractivity contribution is 9.11. The van der Waals surface area contributed by atoms with Gasteiger partial charge in [-0.2, -0.15) is 0 Å². The van der Waals surface area contributed by atoms with Crippen LogP contribution in [0.4, 0.5) is 10.5 Å². The number of carbonyl (C=O) groups excluding carboxylic acids is 5. The van der Waals surface area contributed by atoms with Crippen LogP contribution in [-0.4, -0.2) is 84.0 Å². The number of nitrogens with one attached hydrogen (secondary N) is 2. The van der Waals surface area contributed by atoms with Crippen molar-refractivity contribution in [1.29, 1.82) is 0 Å². The molecule has 2 N–H and O–H groups in total. The highest BCUT2D eigenvalue weighted by atomic mass is 79.9. The van der Waals surface area contributed by atoms with Crippen LogP contribution in [0.5, 0.6) is 0 Å². The van der Waals surface area contributed by atoms with Gasteiger partial charge in [-0.05, 0) is 18.6 Å². The minimum absolute atomic E-state index is 0.0931. The number of hydrogen-bond donors (Lipinski definition) is 2. The summed E-state index contributed by atoms with van der Waals surface area (Å²) in [6.07, 6.45) is 7.27. The minimum atomic E-state index is -0.776. The molecule has 0 radical (unpaired) electrons. The Labute approximate surface area is 234 Å². The zero-order valence-corrected chi connectivity index (χ0v) is 23.3. The number of halogens is 1. The average molecular weight is 604 g/mol. The van der Waals surface area contributed by atoms with Gasteiger partial charge in [0, 0.05) is 71.7 Å². The number of amides is 5. The van der Waals surface area contributed by atoms with Gasteiger partial charge in [0.15, 0.2) is 4.61 Å². The summed E-state index contributed by atoms with van der Waals surface area (Å²) in [6.45, 7) is -0.161. The summed E-state index contributed by atoms with van der Waals surface area (Å²) in [5.74, 6) is 0.693. The number of hydrogen-bond acceptors (Lipinski definition) is 7. The summed E-state index contributed by atoms with van der Waals surface area (Å²) in [5.41, 5.74) is 1.28. The van der Waals surface area contributed by atoms with E-state index in [0.717, 1.165) is 4.90 Å². The van der Waals surface area contributed by atoms with Crippen molar-refractivity contribution < 1.29 is 33.4 Å². The Morgan fingerprint density at radius 1 is 1.38 bits per heavy atom. The fourth-order valence-corrected chi connectivity index (χ4v) is 4.56. The van der Waals surface area contributed by atoms with Crippen molar-refractivity contribution >= 4 is 51.3 Å². The van der Waals surface area contributed by atoms with Crippen LogP contribution in [0.3, 0.4) is 0 Å². The van der Waals surface area contributed by atoms with Gasteiger partial charge in [-0.3, -0.25) is 24.5 Å². The maximum Gasteiger partial charge on any atom is 0.410 e. The second kappa shape index (κ2) is 12.9. The summed E-state index contributed by atoms with van der Waals surface area (Å²) in [4.78, 5) is 64.2. The summed E-state index contributed by atoms with van der Waals surface area (Å²) in [5, 5.41) is 17.5. The van der Waals surface area contributed by atoms with E-state index in [4.69, 9.17) is 11.2 Å². The highest BCUT2D eigenvalue weighted by Crippen LogP contribution is 2.32. The third-order valence-electron chi connectivity index (χ3n) is 6.36. The first kappa shape index (κ1) is 29.8. The number of hydroxylamine groups is 3. The number of piperidine rings is 1. The lowest BCUT2D eigenvalue weighted by Gasteiger charge is -2.37. The number of carbonyl (C=O) groups is 5. The van der Waals surface area contributed by atoms with Crippen LogP contribution >= 0.6 is 15.9 Å². The predicted octanol–water partition coefficient (Wildman–Crippen LogP) is 2.05. The van der Waals surface area contributed by atoms with Crippen LogP contribution in [0, 0.1) is 17.6 Å². The molecule has 1 saturated heterocycles. The summed E-state index contributed by atoms with van der Waals surface area (Å²) >= 11 is 3.22. The molecule has 2 aliphatic rings. The molecule has 0 aliphatic carbocycles. The third-order valence-corrected chi connectivity index (χ3v) is 7.44. The molecule has 2 atom stereocenters. The quantitative estimate of drug-likeness (QED) is 0.104. The Balaban J connectivity index is 1.54. The van der Waals surface area contributed by atoms with Crippen molar-refractivity contribution in [3.8, 4) is 12.3 Å². The molecular weight excluding hydrogens is 574 g/mol. The van der Waals surface area contributed by atoms with Gasteiger partial charge in [0.05, 0.1) is 13.6 Å². The SMILES string of the molecule is C#CCCC[N+](C)([O-])/C(Br)=C/COC(=O)N(C)CC(=O)Nc1cccc2c1CN(C1CCC(=O)NC1=O)C2=O. The minimum Gasteiger partial charge on any atom is -0.627 e.